The summed E-state index contributed by atoms with van der Waals surface area (Å²) in [6.45, 7) is -0.922. The molecule has 0 saturated heterocycles. The van der Waals surface area contributed by atoms with Crippen molar-refractivity contribution in [3.05, 3.63) is 84.1 Å². The maximum atomic E-state index is 12.6. The summed E-state index contributed by atoms with van der Waals surface area (Å²) in [6, 6.07) is 14.3. The SMILES string of the molecule is O=S(=O)([O-])OCCS(=O)(=O)c1cccc(Nc2nc(Cl)nc(Nc3ccc4c(O)c(N=Nc5ccc6c(S(=O)(=O)[O-])cccc6c5S(=O)(=O)[O-])c(S(=O)(=O)[O-])cc4c3)n2)c1.[Na+].[Na+].[Na+].[Na+]. The Balaban J connectivity index is 0.00000352. The van der Waals surface area contributed by atoms with Crippen LogP contribution in [-0.2, 0) is 54.8 Å². The summed E-state index contributed by atoms with van der Waals surface area (Å²) >= 11 is 6.08. The number of hydrogen-bond donors (Lipinski definition) is 3. The summed E-state index contributed by atoms with van der Waals surface area (Å²) in [4.78, 5) is 8.56. The number of anilines is 4. The monoisotopic (exact) mass is 1030 g/mol. The maximum absolute atomic E-state index is 12.6. The third-order valence-electron chi connectivity index (χ3n) is 7.94. The van der Waals surface area contributed by atoms with Crippen LogP contribution < -0.4 is 129 Å². The smallest absolute Gasteiger partial charge is 0.744 e. The van der Waals surface area contributed by atoms with Crippen molar-refractivity contribution in [2.24, 2.45) is 10.2 Å². The van der Waals surface area contributed by atoms with E-state index in [4.69, 9.17) is 11.6 Å². The van der Waals surface area contributed by atoms with Crippen molar-refractivity contribution in [1.82, 2.24) is 15.0 Å². The fourth-order valence-corrected chi connectivity index (χ4v) is 9.36. The zero-order valence-corrected chi connectivity index (χ0v) is 46.0. The van der Waals surface area contributed by atoms with Crippen molar-refractivity contribution in [2.45, 2.75) is 19.6 Å². The van der Waals surface area contributed by atoms with Crippen LogP contribution in [0.25, 0.3) is 21.5 Å². The molecule has 23 nitrogen and oxygen atoms in total. The topological polar surface area (TPSA) is 380 Å². The van der Waals surface area contributed by atoms with E-state index in [-0.39, 0.29) is 162 Å². The average Bonchev–Trinajstić information content (AvgIpc) is 3.11. The van der Waals surface area contributed by atoms with Gasteiger partial charge in [0.1, 0.15) is 41.7 Å². The van der Waals surface area contributed by atoms with Gasteiger partial charge in [0.05, 0.1) is 31.9 Å². The molecule has 316 valence electrons. The number of phenolic OH excluding ortho intramolecular Hbond substituents is 1. The van der Waals surface area contributed by atoms with Crippen LogP contribution in [-0.4, -0.2) is 92.7 Å². The third-order valence-corrected chi connectivity index (χ3v) is 12.9. The number of hydrogen-bond acceptors (Lipinski definition) is 23. The Hall–Kier alpha value is -1.53. The van der Waals surface area contributed by atoms with E-state index in [1.807, 2.05) is 0 Å². The molecular formula is C31H20ClN7Na4O16S5. The number of fused-ring (bicyclic) bond motifs is 2. The second-order valence-corrected chi connectivity index (χ2v) is 19.4. The number of benzene rings is 5. The molecule has 0 aliphatic heterocycles. The van der Waals surface area contributed by atoms with Crippen LogP contribution in [0, 0.1) is 0 Å². The van der Waals surface area contributed by atoms with Gasteiger partial charge in [-0.15, -0.1) is 10.2 Å². The molecule has 0 fully saturated rings. The van der Waals surface area contributed by atoms with E-state index >= 15 is 0 Å². The number of nitrogens with zero attached hydrogens (tertiary/aromatic N) is 5. The third kappa shape index (κ3) is 14.5. The van der Waals surface area contributed by atoms with Gasteiger partial charge in [0, 0.05) is 27.5 Å². The molecular weight excluding hydrogens is 1010 g/mol. The summed E-state index contributed by atoms with van der Waals surface area (Å²) in [5.74, 6) is -2.24. The predicted molar refractivity (Wildman–Crippen MR) is 203 cm³/mol. The largest absolute Gasteiger partial charge is 1.00 e. The van der Waals surface area contributed by atoms with E-state index in [9.17, 15) is 65.4 Å². The van der Waals surface area contributed by atoms with Gasteiger partial charge in [0.2, 0.25) is 27.6 Å². The van der Waals surface area contributed by atoms with Crippen molar-refractivity contribution in [3.63, 3.8) is 0 Å². The number of halogens is 1. The molecule has 64 heavy (non-hydrogen) atoms. The maximum Gasteiger partial charge on any atom is 1.00 e. The van der Waals surface area contributed by atoms with Gasteiger partial charge < -0.3 is 34.0 Å². The normalized spacial score (nSPS) is 12.1. The quantitative estimate of drug-likeness (QED) is 0.0395. The minimum absolute atomic E-state index is 0. The van der Waals surface area contributed by atoms with Crippen LogP contribution in [0.4, 0.5) is 34.6 Å². The number of sulfone groups is 1. The minimum atomic E-state index is -5.50. The first kappa shape index (κ1) is 58.6. The minimum Gasteiger partial charge on any atom is -0.744 e. The second kappa shape index (κ2) is 22.7. The molecule has 0 radical (unpaired) electrons. The summed E-state index contributed by atoms with van der Waals surface area (Å²) < 4.78 is 171. The number of aromatic hydroxyl groups is 1. The summed E-state index contributed by atoms with van der Waals surface area (Å²) in [7, 11) is -25.4. The van der Waals surface area contributed by atoms with Crippen molar-refractivity contribution in [3.8, 4) is 5.75 Å². The van der Waals surface area contributed by atoms with Gasteiger partial charge in [0.15, 0.2) is 15.6 Å². The van der Waals surface area contributed by atoms with Crippen LogP contribution in [0.15, 0.2) is 109 Å². The Morgan fingerprint density at radius 1 is 0.625 bits per heavy atom. The Bertz CT molecular complexity index is 3380. The molecule has 33 heteroatoms. The molecule has 0 aliphatic rings. The molecule has 6 rings (SSSR count). The number of azo groups is 1. The van der Waals surface area contributed by atoms with Gasteiger partial charge in [-0.3, -0.25) is 4.18 Å². The van der Waals surface area contributed by atoms with Gasteiger partial charge in [-0.2, -0.15) is 15.0 Å². The van der Waals surface area contributed by atoms with Crippen LogP contribution >= 0.6 is 11.6 Å². The number of nitrogens with one attached hydrogen (secondary N) is 2. The summed E-state index contributed by atoms with van der Waals surface area (Å²) in [6.07, 6.45) is 0. The summed E-state index contributed by atoms with van der Waals surface area (Å²) in [5.41, 5.74) is -1.52. The zero-order valence-electron chi connectivity index (χ0n) is 33.1. The second-order valence-electron chi connectivity index (χ2n) is 11.9. The van der Waals surface area contributed by atoms with E-state index < -0.39 is 106 Å². The zero-order chi connectivity index (χ0) is 44.0. The standard InChI is InChI=1S/C31H24ClN7O16S5.4Na/c32-29-35-30(33-17-3-1-4-19(15-17)56(41,42)12-11-55-60(52,53)54)37-31(36-29)34-18-7-8-20-16(13-18)14-25(58(46,47)48)26(27(20)40)39-38-23-10-9-21-22(28(23)59(49,50)51)5-2-6-24(21)57(43,44)45;;;;/h1-10,13-15,40H,11-12H2,(H,43,44,45)(H,46,47,48)(H,49,50,51)(H,52,53,54)(H2,33,34,35,36,37);;;;/q;4*+1/p-4. The molecule has 0 spiro atoms. The average molecular weight is 1030 g/mol. The van der Waals surface area contributed by atoms with Crippen molar-refractivity contribution >= 4 is 118 Å². The van der Waals surface area contributed by atoms with E-state index in [0.717, 1.165) is 42.5 Å². The van der Waals surface area contributed by atoms with Crippen molar-refractivity contribution in [2.75, 3.05) is 23.0 Å². The molecule has 1 heterocycles. The van der Waals surface area contributed by atoms with E-state index in [1.54, 1.807) is 0 Å². The van der Waals surface area contributed by atoms with Gasteiger partial charge in [0.25, 0.3) is 0 Å². The molecule has 0 unspecified atom stereocenters. The Labute approximate surface area is 457 Å². The molecule has 5 aromatic carbocycles. The Morgan fingerprint density at radius 2 is 1.20 bits per heavy atom. The van der Waals surface area contributed by atoms with Gasteiger partial charge in [-0.25, -0.2) is 42.1 Å². The predicted octanol–water partition coefficient (Wildman–Crippen LogP) is -8.58. The molecule has 0 aliphatic carbocycles. The van der Waals surface area contributed by atoms with Crippen molar-refractivity contribution in [1.29, 1.82) is 0 Å². The number of rotatable bonds is 14. The number of phenols is 1. The van der Waals surface area contributed by atoms with E-state index in [0.29, 0.717) is 0 Å². The molecule has 0 amide bonds. The molecule has 6 aromatic rings. The Morgan fingerprint density at radius 3 is 1.78 bits per heavy atom. The van der Waals surface area contributed by atoms with E-state index in [1.165, 1.54) is 36.4 Å². The van der Waals surface area contributed by atoms with Crippen LogP contribution in [0.1, 0.15) is 0 Å². The van der Waals surface area contributed by atoms with Crippen LogP contribution in [0.5, 0.6) is 5.75 Å². The van der Waals surface area contributed by atoms with E-state index in [2.05, 4.69) is 40.0 Å². The molecule has 3 N–H and O–H groups in total. The Kier molecular flexibility index (Phi) is 20.8. The first-order valence-electron chi connectivity index (χ1n) is 15.8. The van der Waals surface area contributed by atoms with Crippen molar-refractivity contribution < 1.29 is 188 Å². The number of aromatic nitrogens is 3. The first-order chi connectivity index (χ1) is 27.8. The molecule has 1 aromatic heterocycles. The fraction of sp³-hybridized carbons (Fsp3) is 0.0645. The van der Waals surface area contributed by atoms with Gasteiger partial charge >= 0.3 is 118 Å². The molecule has 0 atom stereocenters. The van der Waals surface area contributed by atoms with Gasteiger partial charge in [-0.05, 0) is 71.6 Å². The van der Waals surface area contributed by atoms with Gasteiger partial charge in [-0.1, -0.05) is 24.3 Å². The first-order valence-corrected chi connectivity index (χ1v) is 23.4. The molecule has 0 saturated carbocycles. The fourth-order valence-electron chi connectivity index (χ4n) is 5.52. The van der Waals surface area contributed by atoms with Crippen LogP contribution in [0.2, 0.25) is 5.28 Å². The van der Waals surface area contributed by atoms with Crippen LogP contribution in [0.3, 0.4) is 0 Å². The molecule has 0 bridgehead atoms. The summed E-state index contributed by atoms with van der Waals surface area (Å²) in [5, 5.41) is 22.2.